The Morgan fingerprint density at radius 1 is 1.00 bits per heavy atom. The van der Waals surface area contributed by atoms with E-state index < -0.39 is 10.0 Å². The Bertz CT molecular complexity index is 1310. The van der Waals surface area contributed by atoms with Crippen molar-refractivity contribution in [1.82, 2.24) is 0 Å². The van der Waals surface area contributed by atoms with Crippen molar-refractivity contribution in [3.05, 3.63) is 77.9 Å². The topological polar surface area (TPSA) is 76.2 Å². The van der Waals surface area contributed by atoms with Crippen molar-refractivity contribution in [2.24, 2.45) is 0 Å². The summed E-state index contributed by atoms with van der Waals surface area (Å²) in [6, 6.07) is 19.0. The summed E-state index contributed by atoms with van der Waals surface area (Å²) in [5, 5.41) is 0. The second kappa shape index (κ2) is 9.38. The van der Waals surface area contributed by atoms with Crippen molar-refractivity contribution in [3.8, 4) is 11.5 Å². The van der Waals surface area contributed by atoms with Crippen LogP contribution in [-0.2, 0) is 21.2 Å². The van der Waals surface area contributed by atoms with Crippen molar-refractivity contribution in [3.63, 3.8) is 0 Å². The molecule has 0 unspecified atom stereocenters. The number of anilines is 2. The Balaban J connectivity index is 1.77. The van der Waals surface area contributed by atoms with Crippen LogP contribution >= 0.6 is 0 Å². The zero-order valence-electron chi connectivity index (χ0n) is 19.7. The van der Waals surface area contributed by atoms with E-state index in [4.69, 9.17) is 9.47 Å². The number of rotatable bonds is 7. The standard InChI is InChI=1S/C26H28N2O5S/c1-18-9-12-22(13-10-18)34(30,31)27(21-11-14-24(32-3)25(16-21)33-4)17-26(29)28-19(2)15-20-7-5-6-8-23(20)28/h5-14,16,19H,15,17H2,1-4H3/t19-/m1/s1. The Morgan fingerprint density at radius 2 is 1.68 bits per heavy atom. The molecule has 1 aliphatic rings. The van der Waals surface area contributed by atoms with Crippen LogP contribution in [0.5, 0.6) is 11.5 Å². The molecule has 7 nitrogen and oxygen atoms in total. The molecule has 0 aliphatic carbocycles. The SMILES string of the molecule is COc1ccc(N(CC(=O)N2c3ccccc3C[C@H]2C)S(=O)(=O)c2ccc(C)cc2)cc1OC. The quantitative estimate of drug-likeness (QED) is 0.507. The lowest BCUT2D eigenvalue weighted by molar-refractivity contribution is -0.117. The number of ether oxygens (including phenoxy) is 2. The number of para-hydroxylation sites is 1. The van der Waals surface area contributed by atoms with Gasteiger partial charge >= 0.3 is 0 Å². The van der Waals surface area contributed by atoms with Crippen molar-refractivity contribution in [2.45, 2.75) is 31.2 Å². The van der Waals surface area contributed by atoms with Gasteiger partial charge in [0.15, 0.2) is 11.5 Å². The van der Waals surface area contributed by atoms with Gasteiger partial charge in [-0.1, -0.05) is 35.9 Å². The first kappa shape index (κ1) is 23.6. The molecule has 8 heteroatoms. The van der Waals surface area contributed by atoms with E-state index in [0.717, 1.165) is 27.5 Å². The Hall–Kier alpha value is -3.52. The first-order valence-corrected chi connectivity index (χ1v) is 12.4. The molecule has 1 aliphatic heterocycles. The molecule has 0 aromatic heterocycles. The highest BCUT2D eigenvalue weighted by Crippen LogP contribution is 2.35. The normalized spacial score (nSPS) is 15.1. The first-order chi connectivity index (χ1) is 16.3. The number of hydrogen-bond acceptors (Lipinski definition) is 5. The molecule has 0 saturated carbocycles. The van der Waals surface area contributed by atoms with Gasteiger partial charge in [0.05, 0.1) is 24.8 Å². The van der Waals surface area contributed by atoms with Crippen LogP contribution in [0.4, 0.5) is 11.4 Å². The summed E-state index contributed by atoms with van der Waals surface area (Å²) >= 11 is 0. The van der Waals surface area contributed by atoms with Gasteiger partial charge in [0.2, 0.25) is 5.91 Å². The Kier molecular flexibility index (Phi) is 6.52. The van der Waals surface area contributed by atoms with E-state index in [1.807, 2.05) is 38.1 Å². The highest BCUT2D eigenvalue weighted by Gasteiger charge is 2.35. The van der Waals surface area contributed by atoms with Crippen molar-refractivity contribution in [2.75, 3.05) is 30.0 Å². The number of hydrogen-bond donors (Lipinski definition) is 0. The van der Waals surface area contributed by atoms with E-state index in [1.54, 1.807) is 47.4 Å². The van der Waals surface area contributed by atoms with E-state index in [0.29, 0.717) is 17.2 Å². The second-order valence-corrected chi connectivity index (χ2v) is 10.2. The van der Waals surface area contributed by atoms with Crippen LogP contribution in [0.2, 0.25) is 0 Å². The number of amides is 1. The fourth-order valence-corrected chi connectivity index (χ4v) is 5.68. The van der Waals surface area contributed by atoms with Crippen molar-refractivity contribution >= 4 is 27.3 Å². The summed E-state index contributed by atoms with van der Waals surface area (Å²) in [5.41, 5.74) is 3.14. The molecule has 1 heterocycles. The van der Waals surface area contributed by atoms with Crippen LogP contribution in [0.25, 0.3) is 0 Å². The molecule has 0 spiro atoms. The van der Waals surface area contributed by atoms with E-state index in [9.17, 15) is 13.2 Å². The predicted molar refractivity (Wildman–Crippen MR) is 132 cm³/mol. The smallest absolute Gasteiger partial charge is 0.264 e. The molecule has 0 saturated heterocycles. The molecule has 1 amide bonds. The van der Waals surface area contributed by atoms with Gasteiger partial charge in [0.25, 0.3) is 10.0 Å². The summed E-state index contributed by atoms with van der Waals surface area (Å²) < 4.78 is 39.3. The third kappa shape index (κ3) is 4.33. The minimum absolute atomic E-state index is 0.0702. The maximum absolute atomic E-state index is 13.8. The maximum Gasteiger partial charge on any atom is 0.264 e. The van der Waals surface area contributed by atoms with Gasteiger partial charge < -0.3 is 14.4 Å². The summed E-state index contributed by atoms with van der Waals surface area (Å²) in [5.74, 6) is 0.534. The number of methoxy groups -OCH3 is 2. The van der Waals surface area contributed by atoms with Gasteiger partial charge in [-0.05, 0) is 56.2 Å². The highest BCUT2D eigenvalue weighted by atomic mass is 32.2. The zero-order valence-corrected chi connectivity index (χ0v) is 20.5. The maximum atomic E-state index is 13.8. The third-order valence-electron chi connectivity index (χ3n) is 6.02. The van der Waals surface area contributed by atoms with Gasteiger partial charge in [0, 0.05) is 17.8 Å². The molecule has 34 heavy (non-hydrogen) atoms. The third-order valence-corrected chi connectivity index (χ3v) is 7.81. The lowest BCUT2D eigenvalue weighted by Gasteiger charge is -2.29. The summed E-state index contributed by atoms with van der Waals surface area (Å²) in [7, 11) is -1.06. The lowest BCUT2D eigenvalue weighted by atomic mass is 10.1. The van der Waals surface area contributed by atoms with Gasteiger partial charge in [0.1, 0.15) is 6.54 Å². The number of carbonyl (C=O) groups excluding carboxylic acids is 1. The molecule has 3 aromatic rings. The first-order valence-electron chi connectivity index (χ1n) is 11.0. The molecule has 0 bridgehead atoms. The minimum Gasteiger partial charge on any atom is -0.493 e. The highest BCUT2D eigenvalue weighted by molar-refractivity contribution is 7.92. The molecular formula is C26H28N2O5S. The second-order valence-electron chi connectivity index (χ2n) is 8.31. The van der Waals surface area contributed by atoms with Crippen molar-refractivity contribution < 1.29 is 22.7 Å². The van der Waals surface area contributed by atoms with E-state index >= 15 is 0 Å². The van der Waals surface area contributed by atoms with Gasteiger partial charge in [-0.2, -0.15) is 0 Å². The summed E-state index contributed by atoms with van der Waals surface area (Å²) in [4.78, 5) is 15.4. The number of carbonyl (C=O) groups is 1. The van der Waals surface area contributed by atoms with Crippen LogP contribution in [0.1, 0.15) is 18.1 Å². The van der Waals surface area contributed by atoms with Crippen LogP contribution in [0, 0.1) is 6.92 Å². The Morgan fingerprint density at radius 3 is 2.35 bits per heavy atom. The van der Waals surface area contributed by atoms with E-state index in [-0.39, 0.29) is 23.4 Å². The van der Waals surface area contributed by atoms with Gasteiger partial charge in [-0.3, -0.25) is 9.10 Å². The van der Waals surface area contributed by atoms with E-state index in [2.05, 4.69) is 0 Å². The lowest BCUT2D eigenvalue weighted by Crippen LogP contribution is -2.45. The van der Waals surface area contributed by atoms with Crippen LogP contribution in [0.3, 0.4) is 0 Å². The van der Waals surface area contributed by atoms with Crippen LogP contribution in [-0.4, -0.2) is 41.1 Å². The van der Waals surface area contributed by atoms with Crippen LogP contribution in [0.15, 0.2) is 71.6 Å². The molecule has 178 valence electrons. The fourth-order valence-electron chi connectivity index (χ4n) is 4.28. The largest absolute Gasteiger partial charge is 0.493 e. The molecule has 0 fully saturated rings. The van der Waals surface area contributed by atoms with E-state index in [1.165, 1.54) is 14.2 Å². The van der Waals surface area contributed by atoms with Gasteiger partial charge in [-0.25, -0.2) is 8.42 Å². The predicted octanol–water partition coefficient (Wildman–Crippen LogP) is 4.19. The average Bonchev–Trinajstić information content (AvgIpc) is 3.17. The number of fused-ring (bicyclic) bond motifs is 1. The monoisotopic (exact) mass is 480 g/mol. The Labute approximate surface area is 200 Å². The average molecular weight is 481 g/mol. The van der Waals surface area contributed by atoms with Crippen LogP contribution < -0.4 is 18.7 Å². The summed E-state index contributed by atoms with van der Waals surface area (Å²) in [6.07, 6.45) is 0.725. The zero-order chi connectivity index (χ0) is 24.5. The molecule has 1 atom stereocenters. The molecule has 0 N–H and O–H groups in total. The van der Waals surface area contributed by atoms with Crippen molar-refractivity contribution in [1.29, 1.82) is 0 Å². The number of aryl methyl sites for hydroxylation is 1. The fraction of sp³-hybridized carbons (Fsp3) is 0.269. The van der Waals surface area contributed by atoms with Gasteiger partial charge in [-0.15, -0.1) is 0 Å². The minimum atomic E-state index is -4.05. The molecule has 4 rings (SSSR count). The molecule has 0 radical (unpaired) electrons. The number of nitrogens with zero attached hydrogens (tertiary/aromatic N) is 2. The number of benzene rings is 3. The molecule has 3 aromatic carbocycles. The number of sulfonamides is 1. The summed E-state index contributed by atoms with van der Waals surface area (Å²) in [6.45, 7) is 3.50. The molecular weight excluding hydrogens is 452 g/mol.